The highest BCUT2D eigenvalue weighted by molar-refractivity contribution is 7.19. The second kappa shape index (κ2) is 8.05. The molecular weight excluding hydrogens is 418 g/mol. The average molecular weight is 438 g/mol. The Balaban J connectivity index is 1.71. The third kappa shape index (κ3) is 3.88. The van der Waals surface area contributed by atoms with E-state index >= 15 is 0 Å². The second-order valence-electron chi connectivity index (χ2n) is 7.25. The molecule has 0 saturated carbocycles. The number of benzene rings is 2. The van der Waals surface area contributed by atoms with Crippen LogP contribution in [0.3, 0.4) is 0 Å². The average Bonchev–Trinajstić information content (AvgIpc) is 3.05. The molecule has 0 bridgehead atoms. The minimum absolute atomic E-state index is 0.119. The van der Waals surface area contributed by atoms with Crippen LogP contribution in [0, 0.1) is 20.8 Å². The molecule has 0 saturated heterocycles. The highest BCUT2D eigenvalue weighted by Gasteiger charge is 2.18. The van der Waals surface area contributed by atoms with Crippen molar-refractivity contribution in [2.45, 2.75) is 27.3 Å². The third-order valence-electron chi connectivity index (χ3n) is 5.09. The van der Waals surface area contributed by atoms with Gasteiger partial charge in [-0.15, -0.1) is 11.3 Å². The lowest BCUT2D eigenvalue weighted by Gasteiger charge is -2.09. The normalized spacial score (nSPS) is 11.1. The zero-order chi connectivity index (χ0) is 21.4. The number of hydrogen-bond donors (Lipinski definition) is 1. The van der Waals surface area contributed by atoms with E-state index in [1.165, 1.54) is 27.8 Å². The van der Waals surface area contributed by atoms with Crippen LogP contribution in [0.4, 0.5) is 5.69 Å². The summed E-state index contributed by atoms with van der Waals surface area (Å²) in [5.74, 6) is -0.305. The lowest BCUT2D eigenvalue weighted by molar-refractivity contribution is -0.116. The summed E-state index contributed by atoms with van der Waals surface area (Å²) in [7, 11) is 0. The summed E-state index contributed by atoms with van der Waals surface area (Å²) in [6, 6.07) is 13.0. The molecule has 30 heavy (non-hydrogen) atoms. The quantitative estimate of drug-likeness (QED) is 0.468. The molecule has 2 heterocycles. The Bertz CT molecular complexity index is 1320. The number of carbonyl (C=O) groups is 1. The van der Waals surface area contributed by atoms with Gasteiger partial charge < -0.3 is 5.32 Å². The third-order valence-corrected chi connectivity index (χ3v) is 6.36. The van der Waals surface area contributed by atoms with Crippen molar-refractivity contribution in [2.75, 3.05) is 5.32 Å². The van der Waals surface area contributed by atoms with Gasteiger partial charge in [0.2, 0.25) is 5.91 Å². The van der Waals surface area contributed by atoms with Crippen LogP contribution in [0.5, 0.6) is 0 Å². The number of fused-ring (bicyclic) bond motifs is 1. The molecule has 0 unspecified atom stereocenters. The van der Waals surface area contributed by atoms with Crippen LogP contribution < -0.4 is 10.9 Å². The predicted molar refractivity (Wildman–Crippen MR) is 124 cm³/mol. The molecule has 2 aromatic heterocycles. The van der Waals surface area contributed by atoms with Crippen LogP contribution in [0.25, 0.3) is 21.3 Å². The molecule has 0 radical (unpaired) electrons. The number of nitrogens with zero attached hydrogens (tertiary/aromatic N) is 2. The number of amides is 1. The maximum absolute atomic E-state index is 13.3. The second-order valence-corrected chi connectivity index (χ2v) is 8.88. The molecule has 5 nitrogen and oxygen atoms in total. The number of aryl methyl sites for hydroxylation is 3. The summed E-state index contributed by atoms with van der Waals surface area (Å²) in [5, 5.41) is 3.92. The van der Waals surface area contributed by atoms with Gasteiger partial charge in [-0.3, -0.25) is 14.2 Å². The summed E-state index contributed by atoms with van der Waals surface area (Å²) in [5.41, 5.74) is 4.65. The fourth-order valence-corrected chi connectivity index (χ4v) is 4.51. The van der Waals surface area contributed by atoms with Gasteiger partial charge in [0.25, 0.3) is 5.56 Å². The van der Waals surface area contributed by atoms with Crippen molar-refractivity contribution in [3.8, 4) is 11.1 Å². The van der Waals surface area contributed by atoms with Gasteiger partial charge in [-0.1, -0.05) is 29.8 Å². The van der Waals surface area contributed by atoms with Crippen molar-refractivity contribution < 1.29 is 4.79 Å². The summed E-state index contributed by atoms with van der Waals surface area (Å²) in [4.78, 5) is 31.9. The number of hydrogen-bond acceptors (Lipinski definition) is 4. The fourth-order valence-electron chi connectivity index (χ4n) is 3.38. The molecule has 1 N–H and O–H groups in total. The number of halogens is 1. The van der Waals surface area contributed by atoms with Crippen molar-refractivity contribution in [3.05, 3.63) is 80.2 Å². The van der Waals surface area contributed by atoms with Gasteiger partial charge in [0.05, 0.1) is 11.7 Å². The monoisotopic (exact) mass is 437 g/mol. The highest BCUT2D eigenvalue weighted by Crippen LogP contribution is 2.36. The lowest BCUT2D eigenvalue weighted by atomic mass is 9.99. The van der Waals surface area contributed by atoms with E-state index in [0.29, 0.717) is 20.9 Å². The van der Waals surface area contributed by atoms with Crippen molar-refractivity contribution in [1.82, 2.24) is 9.55 Å². The van der Waals surface area contributed by atoms with Crippen molar-refractivity contribution in [2.24, 2.45) is 0 Å². The Kier molecular flexibility index (Phi) is 5.45. The van der Waals surface area contributed by atoms with Gasteiger partial charge in [-0.05, 0) is 61.7 Å². The smallest absolute Gasteiger partial charge is 0.263 e. The van der Waals surface area contributed by atoms with Gasteiger partial charge in [0.15, 0.2) is 0 Å². The van der Waals surface area contributed by atoms with Crippen LogP contribution in [0.15, 0.2) is 53.6 Å². The number of anilines is 1. The summed E-state index contributed by atoms with van der Waals surface area (Å²) in [6.45, 7) is 5.99. The van der Waals surface area contributed by atoms with Crippen LogP contribution >= 0.6 is 22.9 Å². The predicted octanol–water partition coefficient (Wildman–Crippen LogP) is 5.34. The van der Waals surface area contributed by atoms with Crippen molar-refractivity contribution >= 4 is 44.7 Å². The Morgan fingerprint density at radius 3 is 2.53 bits per heavy atom. The minimum Gasteiger partial charge on any atom is -0.325 e. The molecule has 2 aromatic carbocycles. The van der Waals surface area contributed by atoms with E-state index in [9.17, 15) is 9.59 Å². The zero-order valence-corrected chi connectivity index (χ0v) is 18.4. The summed E-state index contributed by atoms with van der Waals surface area (Å²) < 4.78 is 1.35. The van der Waals surface area contributed by atoms with E-state index in [1.807, 2.05) is 13.0 Å². The summed E-state index contributed by atoms with van der Waals surface area (Å²) >= 11 is 7.37. The first-order chi connectivity index (χ1) is 14.3. The molecule has 0 aliphatic carbocycles. The largest absolute Gasteiger partial charge is 0.325 e. The van der Waals surface area contributed by atoms with Crippen LogP contribution in [-0.2, 0) is 11.3 Å². The zero-order valence-electron chi connectivity index (χ0n) is 16.8. The maximum Gasteiger partial charge on any atom is 0.263 e. The van der Waals surface area contributed by atoms with Crippen LogP contribution in [0.2, 0.25) is 5.02 Å². The lowest BCUT2D eigenvalue weighted by Crippen LogP contribution is -2.27. The molecule has 0 fully saturated rings. The number of thiophene rings is 1. The molecular formula is C23H20ClN3O2S. The van der Waals surface area contributed by atoms with Crippen LogP contribution in [0.1, 0.15) is 16.0 Å². The van der Waals surface area contributed by atoms with E-state index in [2.05, 4.69) is 36.3 Å². The van der Waals surface area contributed by atoms with Crippen molar-refractivity contribution in [3.63, 3.8) is 0 Å². The minimum atomic E-state index is -0.305. The molecule has 0 spiro atoms. The number of nitrogens with one attached hydrogen (secondary N) is 1. The van der Waals surface area contributed by atoms with E-state index in [1.54, 1.807) is 24.3 Å². The first-order valence-corrected chi connectivity index (χ1v) is 10.6. The number of aromatic nitrogens is 2. The van der Waals surface area contributed by atoms with Crippen molar-refractivity contribution in [1.29, 1.82) is 0 Å². The maximum atomic E-state index is 13.3. The van der Waals surface area contributed by atoms with E-state index in [4.69, 9.17) is 11.6 Å². The highest BCUT2D eigenvalue weighted by atomic mass is 35.5. The molecule has 0 atom stereocenters. The van der Waals surface area contributed by atoms with Gasteiger partial charge in [0.1, 0.15) is 11.4 Å². The molecule has 0 aliphatic heterocycles. The van der Waals surface area contributed by atoms with Gasteiger partial charge in [0, 0.05) is 21.2 Å². The van der Waals surface area contributed by atoms with Crippen LogP contribution in [-0.4, -0.2) is 15.5 Å². The summed E-state index contributed by atoms with van der Waals surface area (Å²) in [6.07, 6.45) is 1.44. The SMILES string of the molecule is Cc1ccc(-c2c(C)sc3ncn(CC(=O)Nc4ccc(Cl)cc4)c(=O)c23)cc1C. The molecule has 4 aromatic rings. The number of rotatable bonds is 4. The molecule has 152 valence electrons. The Morgan fingerprint density at radius 2 is 1.83 bits per heavy atom. The Morgan fingerprint density at radius 1 is 1.10 bits per heavy atom. The van der Waals surface area contributed by atoms with Gasteiger partial charge in [-0.25, -0.2) is 4.98 Å². The van der Waals surface area contributed by atoms with E-state index in [0.717, 1.165) is 21.6 Å². The number of carbonyl (C=O) groups excluding carboxylic acids is 1. The Hall–Kier alpha value is -2.96. The Labute approximate surface area is 183 Å². The topological polar surface area (TPSA) is 64.0 Å². The van der Waals surface area contributed by atoms with E-state index < -0.39 is 0 Å². The first kappa shape index (κ1) is 20.3. The van der Waals surface area contributed by atoms with Gasteiger partial charge in [-0.2, -0.15) is 0 Å². The fraction of sp³-hybridized carbons (Fsp3) is 0.174. The standard InChI is InChI=1S/C23H20ClN3O2S/c1-13-4-5-16(10-14(13)2)20-15(3)30-22-21(20)23(29)27(12-25-22)11-19(28)26-18-8-6-17(24)7-9-18/h4-10,12H,11H2,1-3H3,(H,26,28). The first-order valence-electron chi connectivity index (χ1n) is 9.45. The molecule has 4 rings (SSSR count). The van der Waals surface area contributed by atoms with Gasteiger partial charge >= 0.3 is 0 Å². The van der Waals surface area contributed by atoms with E-state index in [-0.39, 0.29) is 18.0 Å². The molecule has 7 heteroatoms. The molecule has 1 amide bonds. The molecule has 0 aliphatic rings.